The largest absolute Gasteiger partial charge is 0.355 e. The van der Waals surface area contributed by atoms with Crippen LogP contribution in [0, 0.1) is 5.41 Å². The Kier molecular flexibility index (Phi) is 7.87. The third-order valence-electron chi connectivity index (χ3n) is 4.64. The molecule has 8 heteroatoms. The number of rotatable bonds is 4. The van der Waals surface area contributed by atoms with Crippen LogP contribution in [-0.4, -0.2) is 58.8 Å². The molecule has 0 aromatic rings. The summed E-state index contributed by atoms with van der Waals surface area (Å²) in [6.45, 7) is 3.09. The fourth-order valence-electron chi connectivity index (χ4n) is 3.57. The van der Waals surface area contributed by atoms with E-state index in [1.807, 2.05) is 0 Å². The van der Waals surface area contributed by atoms with Gasteiger partial charge in [0.25, 0.3) is 0 Å². The van der Waals surface area contributed by atoms with Crippen LogP contribution in [0.2, 0.25) is 0 Å². The van der Waals surface area contributed by atoms with Gasteiger partial charge in [0.15, 0.2) is 5.96 Å². The summed E-state index contributed by atoms with van der Waals surface area (Å²) in [7, 11) is -1.32. The molecule has 0 amide bonds. The zero-order valence-corrected chi connectivity index (χ0v) is 16.7. The zero-order valence-electron chi connectivity index (χ0n) is 13.6. The molecule has 1 heterocycles. The zero-order chi connectivity index (χ0) is 15.3. The topological polar surface area (TPSA) is 73.8 Å². The van der Waals surface area contributed by atoms with Gasteiger partial charge >= 0.3 is 0 Å². The highest BCUT2D eigenvalue weighted by Crippen LogP contribution is 2.43. The molecular weight excluding hydrogens is 415 g/mol. The van der Waals surface area contributed by atoms with Gasteiger partial charge < -0.3 is 10.2 Å². The molecule has 0 radical (unpaired) electrons. The van der Waals surface area contributed by atoms with E-state index < -0.39 is 10.0 Å². The normalized spacial score (nSPS) is 21.7. The first-order valence-electron chi connectivity index (χ1n) is 7.84. The van der Waals surface area contributed by atoms with Crippen LogP contribution < -0.4 is 10.0 Å². The van der Waals surface area contributed by atoms with Crippen molar-refractivity contribution in [2.45, 2.75) is 38.5 Å². The predicted molar refractivity (Wildman–Crippen MR) is 101 cm³/mol. The SMILES string of the molecule is CN=C(NCCNS(C)(=O)=O)N1CCC2(CCCCC2)C1.I. The van der Waals surface area contributed by atoms with Crippen molar-refractivity contribution in [1.29, 1.82) is 0 Å². The lowest BCUT2D eigenvalue weighted by Crippen LogP contribution is -2.44. The summed E-state index contributed by atoms with van der Waals surface area (Å²) in [5.41, 5.74) is 0.501. The van der Waals surface area contributed by atoms with Crippen LogP contribution in [0.25, 0.3) is 0 Å². The summed E-state index contributed by atoms with van der Waals surface area (Å²) in [5, 5.41) is 3.25. The number of halogens is 1. The third-order valence-corrected chi connectivity index (χ3v) is 5.36. The molecule has 1 aliphatic carbocycles. The fourth-order valence-corrected chi connectivity index (χ4v) is 4.04. The lowest BCUT2D eigenvalue weighted by molar-refractivity contribution is 0.203. The summed E-state index contributed by atoms with van der Waals surface area (Å²) >= 11 is 0. The first-order valence-corrected chi connectivity index (χ1v) is 9.74. The number of likely N-dealkylation sites (tertiary alicyclic amines) is 1. The molecule has 2 fully saturated rings. The van der Waals surface area contributed by atoms with Gasteiger partial charge in [-0.25, -0.2) is 13.1 Å². The maximum Gasteiger partial charge on any atom is 0.208 e. The summed E-state index contributed by atoms with van der Waals surface area (Å²) in [4.78, 5) is 6.66. The van der Waals surface area contributed by atoms with E-state index >= 15 is 0 Å². The quantitative estimate of drug-likeness (QED) is 0.298. The molecule has 0 aromatic carbocycles. The molecule has 2 aliphatic rings. The second-order valence-electron chi connectivity index (χ2n) is 6.37. The van der Waals surface area contributed by atoms with Gasteiger partial charge in [0, 0.05) is 33.2 Å². The number of hydrogen-bond donors (Lipinski definition) is 2. The van der Waals surface area contributed by atoms with Crippen LogP contribution in [0.5, 0.6) is 0 Å². The summed E-state index contributed by atoms with van der Waals surface area (Å²) < 4.78 is 24.5. The molecule has 0 aromatic heterocycles. The van der Waals surface area contributed by atoms with Crippen molar-refractivity contribution in [1.82, 2.24) is 14.9 Å². The number of guanidine groups is 1. The van der Waals surface area contributed by atoms with E-state index in [2.05, 4.69) is 19.9 Å². The van der Waals surface area contributed by atoms with Gasteiger partial charge in [-0.05, 0) is 24.7 Å². The van der Waals surface area contributed by atoms with Crippen LogP contribution in [0.15, 0.2) is 4.99 Å². The van der Waals surface area contributed by atoms with Gasteiger partial charge in [-0.1, -0.05) is 19.3 Å². The second-order valence-corrected chi connectivity index (χ2v) is 8.21. The third kappa shape index (κ3) is 5.84. The van der Waals surface area contributed by atoms with Crippen molar-refractivity contribution in [2.75, 3.05) is 39.5 Å². The molecule has 0 atom stereocenters. The van der Waals surface area contributed by atoms with Crippen LogP contribution in [0.3, 0.4) is 0 Å². The Labute approximate surface area is 151 Å². The van der Waals surface area contributed by atoms with E-state index in [1.54, 1.807) is 7.05 Å². The van der Waals surface area contributed by atoms with Gasteiger partial charge in [0.2, 0.25) is 10.0 Å². The second kappa shape index (κ2) is 8.68. The van der Waals surface area contributed by atoms with E-state index in [-0.39, 0.29) is 24.0 Å². The molecule has 1 spiro atoms. The molecule has 1 saturated heterocycles. The molecule has 1 saturated carbocycles. The van der Waals surface area contributed by atoms with E-state index in [9.17, 15) is 8.42 Å². The molecule has 0 bridgehead atoms. The highest BCUT2D eigenvalue weighted by atomic mass is 127. The minimum Gasteiger partial charge on any atom is -0.355 e. The van der Waals surface area contributed by atoms with Crippen LogP contribution in [0.1, 0.15) is 38.5 Å². The fraction of sp³-hybridized carbons (Fsp3) is 0.929. The summed E-state index contributed by atoms with van der Waals surface area (Å²) in [5.74, 6) is 0.896. The standard InChI is InChI=1S/C14H28N4O2S.HI/c1-15-13(16-9-10-17-21(2,19)20)18-11-8-14(12-18)6-4-3-5-7-14;/h17H,3-12H2,1-2H3,(H,15,16);1H. The summed E-state index contributed by atoms with van der Waals surface area (Å²) in [6.07, 6.45) is 9.22. The summed E-state index contributed by atoms with van der Waals surface area (Å²) in [6, 6.07) is 0. The van der Waals surface area contributed by atoms with E-state index in [1.165, 1.54) is 44.8 Å². The van der Waals surface area contributed by atoms with Gasteiger partial charge in [-0.3, -0.25) is 4.99 Å². The lowest BCUT2D eigenvalue weighted by Gasteiger charge is -2.33. The maximum absolute atomic E-state index is 11.0. The van der Waals surface area contributed by atoms with E-state index in [0.29, 0.717) is 18.5 Å². The van der Waals surface area contributed by atoms with E-state index in [0.717, 1.165) is 19.0 Å². The smallest absolute Gasteiger partial charge is 0.208 e. The average Bonchev–Trinajstić information content (AvgIpc) is 2.82. The minimum atomic E-state index is -3.11. The highest BCUT2D eigenvalue weighted by molar-refractivity contribution is 14.0. The first-order chi connectivity index (χ1) is 9.94. The molecule has 2 rings (SSSR count). The molecule has 2 N–H and O–H groups in total. The molecule has 0 unspecified atom stereocenters. The molecule has 6 nitrogen and oxygen atoms in total. The van der Waals surface area contributed by atoms with Crippen molar-refractivity contribution in [3.05, 3.63) is 0 Å². The van der Waals surface area contributed by atoms with Crippen molar-refractivity contribution >= 4 is 40.0 Å². The Balaban J connectivity index is 0.00000242. The molecular formula is C14H29IN4O2S. The highest BCUT2D eigenvalue weighted by Gasteiger charge is 2.39. The Bertz CT molecular complexity index is 475. The van der Waals surface area contributed by atoms with Crippen LogP contribution >= 0.6 is 24.0 Å². The van der Waals surface area contributed by atoms with Gasteiger partial charge in [0.1, 0.15) is 0 Å². The lowest BCUT2D eigenvalue weighted by atomic mass is 9.73. The average molecular weight is 444 g/mol. The Morgan fingerprint density at radius 2 is 1.86 bits per heavy atom. The van der Waals surface area contributed by atoms with Gasteiger partial charge in [-0.2, -0.15) is 0 Å². The molecule has 22 heavy (non-hydrogen) atoms. The predicted octanol–water partition coefficient (Wildman–Crippen LogP) is 1.39. The number of sulfonamides is 1. The number of aliphatic imine (C=N–C) groups is 1. The monoisotopic (exact) mass is 444 g/mol. The van der Waals surface area contributed by atoms with Crippen LogP contribution in [-0.2, 0) is 10.0 Å². The molecule has 1 aliphatic heterocycles. The number of nitrogens with one attached hydrogen (secondary N) is 2. The van der Waals surface area contributed by atoms with Crippen molar-refractivity contribution in [2.24, 2.45) is 10.4 Å². The maximum atomic E-state index is 11.0. The minimum absolute atomic E-state index is 0. The van der Waals surface area contributed by atoms with Crippen LogP contribution in [0.4, 0.5) is 0 Å². The van der Waals surface area contributed by atoms with Gasteiger partial charge in [-0.15, -0.1) is 24.0 Å². The first kappa shape index (κ1) is 20.0. The number of nitrogens with zero attached hydrogens (tertiary/aromatic N) is 2. The Hall–Kier alpha value is -0.0900. The van der Waals surface area contributed by atoms with Gasteiger partial charge in [0.05, 0.1) is 6.26 Å². The Morgan fingerprint density at radius 1 is 1.18 bits per heavy atom. The van der Waals surface area contributed by atoms with Crippen molar-refractivity contribution < 1.29 is 8.42 Å². The van der Waals surface area contributed by atoms with Crippen molar-refractivity contribution in [3.8, 4) is 0 Å². The molecule has 130 valence electrons. The van der Waals surface area contributed by atoms with E-state index in [4.69, 9.17) is 0 Å². The Morgan fingerprint density at radius 3 is 2.45 bits per heavy atom. The van der Waals surface area contributed by atoms with Crippen molar-refractivity contribution in [3.63, 3.8) is 0 Å². The number of hydrogen-bond acceptors (Lipinski definition) is 3.